The number of carbonyl (C=O) groups is 1. The van der Waals surface area contributed by atoms with Crippen molar-refractivity contribution in [2.24, 2.45) is 0 Å². The standard InChI is InChI=1S/C18H17ClN6O2S/c1-11-5-21-22-16(11)28-25-7-12-6-24(8-14(12)23-25)17(26)18(9-27-10-18)15-13(19)3-2-4-20-15/h2-5,7H,6,8-10H2,1H3,(H,21,22). The van der Waals surface area contributed by atoms with Gasteiger partial charge in [-0.05, 0) is 19.1 Å². The number of H-pyrrole nitrogens is 1. The Morgan fingerprint density at radius 1 is 1.39 bits per heavy atom. The van der Waals surface area contributed by atoms with Gasteiger partial charge in [0.1, 0.15) is 10.4 Å². The van der Waals surface area contributed by atoms with Crippen LogP contribution in [0.4, 0.5) is 0 Å². The molecular weight excluding hydrogens is 400 g/mol. The number of pyridine rings is 1. The van der Waals surface area contributed by atoms with Gasteiger partial charge in [0.2, 0.25) is 5.91 Å². The first-order valence-electron chi connectivity index (χ1n) is 8.81. The molecule has 1 amide bonds. The van der Waals surface area contributed by atoms with E-state index in [0.717, 1.165) is 21.8 Å². The van der Waals surface area contributed by atoms with Gasteiger partial charge in [-0.25, -0.2) is 4.09 Å². The van der Waals surface area contributed by atoms with Crippen LogP contribution in [-0.2, 0) is 28.0 Å². The van der Waals surface area contributed by atoms with E-state index in [4.69, 9.17) is 16.3 Å². The van der Waals surface area contributed by atoms with E-state index in [-0.39, 0.29) is 5.91 Å². The van der Waals surface area contributed by atoms with Crippen molar-refractivity contribution in [3.8, 4) is 0 Å². The second-order valence-electron chi connectivity index (χ2n) is 7.05. The summed E-state index contributed by atoms with van der Waals surface area (Å²) < 4.78 is 7.21. The highest BCUT2D eigenvalue weighted by Crippen LogP contribution is 2.39. The molecule has 0 aromatic carbocycles. The second kappa shape index (κ2) is 6.61. The molecule has 1 N–H and O–H groups in total. The van der Waals surface area contributed by atoms with E-state index in [9.17, 15) is 4.79 Å². The van der Waals surface area contributed by atoms with Crippen LogP contribution in [0.2, 0.25) is 5.02 Å². The number of aromatic amines is 1. The third kappa shape index (κ3) is 2.73. The smallest absolute Gasteiger partial charge is 0.240 e. The lowest BCUT2D eigenvalue weighted by molar-refractivity contribution is -0.157. The highest BCUT2D eigenvalue weighted by molar-refractivity contribution is 7.97. The van der Waals surface area contributed by atoms with Gasteiger partial charge in [0.05, 0.1) is 42.4 Å². The first-order valence-corrected chi connectivity index (χ1v) is 9.96. The molecule has 28 heavy (non-hydrogen) atoms. The van der Waals surface area contributed by atoms with Crippen LogP contribution in [0.15, 0.2) is 35.7 Å². The minimum absolute atomic E-state index is 0.0130. The molecule has 1 fully saturated rings. The predicted molar refractivity (Wildman–Crippen MR) is 103 cm³/mol. The number of hydrogen-bond acceptors (Lipinski definition) is 6. The molecule has 0 atom stereocenters. The Morgan fingerprint density at radius 2 is 2.25 bits per heavy atom. The summed E-state index contributed by atoms with van der Waals surface area (Å²) >= 11 is 7.80. The molecule has 144 valence electrons. The van der Waals surface area contributed by atoms with Gasteiger partial charge in [-0.3, -0.25) is 14.9 Å². The molecular formula is C18H17ClN6O2S. The number of amides is 1. The molecule has 2 aliphatic rings. The number of fused-ring (bicyclic) bond motifs is 1. The van der Waals surface area contributed by atoms with E-state index < -0.39 is 5.41 Å². The normalized spacial score (nSPS) is 17.4. The quantitative estimate of drug-likeness (QED) is 0.702. The Morgan fingerprint density at radius 3 is 2.89 bits per heavy atom. The second-order valence-corrected chi connectivity index (χ2v) is 8.42. The van der Waals surface area contributed by atoms with E-state index in [1.165, 1.54) is 11.9 Å². The molecule has 1 saturated heterocycles. The number of nitrogens with zero attached hydrogens (tertiary/aromatic N) is 5. The van der Waals surface area contributed by atoms with E-state index in [1.54, 1.807) is 24.5 Å². The van der Waals surface area contributed by atoms with Crippen LogP contribution in [0, 0.1) is 6.92 Å². The Balaban J connectivity index is 1.35. The van der Waals surface area contributed by atoms with Crippen molar-refractivity contribution in [3.05, 3.63) is 58.3 Å². The van der Waals surface area contributed by atoms with Crippen molar-refractivity contribution in [3.63, 3.8) is 0 Å². The van der Waals surface area contributed by atoms with Crippen molar-refractivity contribution >= 4 is 29.5 Å². The molecule has 5 heterocycles. The summed E-state index contributed by atoms with van der Waals surface area (Å²) in [5.74, 6) is -0.0130. The minimum Gasteiger partial charge on any atom is -0.378 e. The molecule has 5 rings (SSSR count). The van der Waals surface area contributed by atoms with Gasteiger partial charge in [0.25, 0.3) is 0 Å². The monoisotopic (exact) mass is 416 g/mol. The first kappa shape index (κ1) is 17.7. The highest BCUT2D eigenvalue weighted by Gasteiger charge is 2.52. The van der Waals surface area contributed by atoms with Crippen LogP contribution in [0.1, 0.15) is 22.5 Å². The molecule has 3 aromatic heterocycles. The fourth-order valence-corrected chi connectivity index (χ4v) is 4.65. The predicted octanol–water partition coefficient (Wildman–Crippen LogP) is 2.33. The number of ether oxygens (including phenoxy) is 1. The summed E-state index contributed by atoms with van der Waals surface area (Å²) in [5.41, 5.74) is 2.80. The highest BCUT2D eigenvalue weighted by atomic mass is 35.5. The van der Waals surface area contributed by atoms with Crippen molar-refractivity contribution < 1.29 is 9.53 Å². The molecule has 3 aromatic rings. The molecule has 8 nitrogen and oxygen atoms in total. The topological polar surface area (TPSA) is 88.9 Å². The lowest BCUT2D eigenvalue weighted by Gasteiger charge is -2.41. The van der Waals surface area contributed by atoms with Crippen molar-refractivity contribution in [2.45, 2.75) is 30.5 Å². The van der Waals surface area contributed by atoms with Gasteiger partial charge < -0.3 is 9.64 Å². The van der Waals surface area contributed by atoms with Crippen molar-refractivity contribution in [2.75, 3.05) is 13.2 Å². The maximum Gasteiger partial charge on any atom is 0.240 e. The summed E-state index contributed by atoms with van der Waals surface area (Å²) in [6.07, 6.45) is 5.40. The van der Waals surface area contributed by atoms with E-state index in [0.29, 0.717) is 37.0 Å². The number of nitrogens with one attached hydrogen (secondary N) is 1. The zero-order chi connectivity index (χ0) is 19.3. The van der Waals surface area contributed by atoms with Gasteiger partial charge in [0, 0.05) is 42.0 Å². The van der Waals surface area contributed by atoms with Gasteiger partial charge in [-0.1, -0.05) is 11.6 Å². The zero-order valence-corrected chi connectivity index (χ0v) is 16.6. The summed E-state index contributed by atoms with van der Waals surface area (Å²) in [6.45, 7) is 3.57. The van der Waals surface area contributed by atoms with Crippen LogP contribution < -0.4 is 0 Å². The van der Waals surface area contributed by atoms with Crippen LogP contribution in [0.5, 0.6) is 0 Å². The average molecular weight is 417 g/mol. The van der Waals surface area contributed by atoms with Crippen molar-refractivity contribution in [1.82, 2.24) is 29.3 Å². The number of hydrogen-bond donors (Lipinski definition) is 1. The SMILES string of the molecule is Cc1cn[nH]c1Sn1cc2c(n1)CN(C(=O)C1(c3ncccc3Cl)COC1)C2. The lowest BCUT2D eigenvalue weighted by atomic mass is 9.80. The van der Waals surface area contributed by atoms with E-state index in [2.05, 4.69) is 20.3 Å². The molecule has 0 unspecified atom stereocenters. The minimum atomic E-state index is -0.806. The third-order valence-corrected chi connectivity index (χ3v) is 6.41. The van der Waals surface area contributed by atoms with Crippen LogP contribution in [0.25, 0.3) is 0 Å². The van der Waals surface area contributed by atoms with Gasteiger partial charge in [-0.2, -0.15) is 10.2 Å². The van der Waals surface area contributed by atoms with Gasteiger partial charge in [-0.15, -0.1) is 0 Å². The molecule has 10 heteroatoms. The fourth-order valence-electron chi connectivity index (χ4n) is 3.55. The number of rotatable bonds is 4. The number of aromatic nitrogens is 5. The first-order chi connectivity index (χ1) is 13.6. The summed E-state index contributed by atoms with van der Waals surface area (Å²) in [6, 6.07) is 3.52. The molecule has 2 aliphatic heterocycles. The van der Waals surface area contributed by atoms with Crippen LogP contribution in [-0.4, -0.2) is 48.4 Å². The molecule has 0 bridgehead atoms. The van der Waals surface area contributed by atoms with E-state index in [1.807, 2.05) is 22.1 Å². The summed E-state index contributed by atoms with van der Waals surface area (Å²) in [5, 5.41) is 13.0. The number of halogens is 1. The molecule has 0 spiro atoms. The van der Waals surface area contributed by atoms with Crippen molar-refractivity contribution in [1.29, 1.82) is 0 Å². The molecule has 0 radical (unpaired) electrons. The largest absolute Gasteiger partial charge is 0.378 e. The molecule has 0 aliphatic carbocycles. The zero-order valence-electron chi connectivity index (χ0n) is 15.1. The Labute approximate surface area is 170 Å². The van der Waals surface area contributed by atoms with Crippen LogP contribution in [0.3, 0.4) is 0 Å². The number of aryl methyl sites for hydroxylation is 1. The molecule has 0 saturated carbocycles. The maximum absolute atomic E-state index is 13.3. The maximum atomic E-state index is 13.3. The lowest BCUT2D eigenvalue weighted by Crippen LogP contribution is -2.58. The summed E-state index contributed by atoms with van der Waals surface area (Å²) in [4.78, 5) is 19.5. The fraction of sp³-hybridized carbons (Fsp3) is 0.333. The average Bonchev–Trinajstić information content (AvgIpc) is 3.31. The Hall–Kier alpha value is -2.36. The van der Waals surface area contributed by atoms with E-state index >= 15 is 0 Å². The van der Waals surface area contributed by atoms with Gasteiger partial charge in [0.15, 0.2) is 0 Å². The Kier molecular flexibility index (Phi) is 4.18. The Bertz CT molecular complexity index is 1040. The number of carbonyl (C=O) groups excluding carboxylic acids is 1. The summed E-state index contributed by atoms with van der Waals surface area (Å²) in [7, 11) is 0. The van der Waals surface area contributed by atoms with Gasteiger partial charge >= 0.3 is 0 Å². The van der Waals surface area contributed by atoms with Crippen LogP contribution >= 0.6 is 23.5 Å². The third-order valence-electron chi connectivity index (χ3n) is 5.13.